The van der Waals surface area contributed by atoms with Gasteiger partial charge in [0.1, 0.15) is 0 Å². The van der Waals surface area contributed by atoms with Crippen molar-refractivity contribution in [3.8, 4) is 0 Å². The lowest BCUT2D eigenvalue weighted by molar-refractivity contribution is -0.137. The van der Waals surface area contributed by atoms with Crippen molar-refractivity contribution in [2.45, 2.75) is 32.6 Å². The molecule has 4 nitrogen and oxygen atoms in total. The first kappa shape index (κ1) is 12.6. The molecule has 0 heterocycles. The lowest BCUT2D eigenvalue weighted by Crippen LogP contribution is -2.13. The zero-order valence-corrected chi connectivity index (χ0v) is 8.69. The maximum atomic E-state index is 10.9. The van der Waals surface area contributed by atoms with Crippen molar-refractivity contribution in [3.63, 3.8) is 0 Å². The van der Waals surface area contributed by atoms with E-state index in [0.29, 0.717) is 0 Å². The van der Waals surface area contributed by atoms with E-state index in [1.165, 1.54) is 13.2 Å². The molecule has 0 aromatic rings. The van der Waals surface area contributed by atoms with E-state index in [9.17, 15) is 4.79 Å². The summed E-state index contributed by atoms with van der Waals surface area (Å²) in [5, 5.41) is 0. The van der Waals surface area contributed by atoms with E-state index in [4.69, 9.17) is 5.53 Å². The van der Waals surface area contributed by atoms with Crippen LogP contribution in [0, 0.1) is 0 Å². The van der Waals surface area contributed by atoms with Crippen LogP contribution in [0.25, 0.3) is 5.53 Å². The summed E-state index contributed by atoms with van der Waals surface area (Å²) >= 11 is 0. The summed E-state index contributed by atoms with van der Waals surface area (Å²) < 4.78 is 4.40. The number of methoxy groups -OCH3 is 1. The highest BCUT2D eigenvalue weighted by molar-refractivity contribution is 6.38. The molecular formula is C10H16N2O2. The van der Waals surface area contributed by atoms with Gasteiger partial charge in [-0.05, 0) is 12.8 Å². The zero-order chi connectivity index (χ0) is 10.8. The number of esters is 1. The number of rotatable bonds is 6. The molecule has 0 aromatic heterocycles. The molecule has 4 heteroatoms. The maximum absolute atomic E-state index is 10.9. The zero-order valence-electron chi connectivity index (χ0n) is 8.69. The van der Waals surface area contributed by atoms with Crippen molar-refractivity contribution in [1.82, 2.24) is 0 Å². The van der Waals surface area contributed by atoms with Crippen LogP contribution >= 0.6 is 0 Å². The van der Waals surface area contributed by atoms with Crippen LogP contribution in [0.15, 0.2) is 12.2 Å². The Kier molecular flexibility index (Phi) is 7.37. The standard InChI is InChI=1S/C10H16N2O2/c1-3-4-5-6-7-8-9(12-11)10(13)14-2/h7-8H,3-6H2,1-2H3. The molecule has 0 saturated heterocycles. The Morgan fingerprint density at radius 2 is 2.21 bits per heavy atom. The third-order valence-corrected chi connectivity index (χ3v) is 1.75. The van der Waals surface area contributed by atoms with Gasteiger partial charge in [-0.3, -0.25) is 0 Å². The number of carbonyl (C=O) groups excluding carboxylic acids is 1. The van der Waals surface area contributed by atoms with Gasteiger partial charge in [-0.2, -0.15) is 4.79 Å². The SMILES string of the molecule is CCCCCC=CC(=[N+]=[N-])C(=O)OC. The average Bonchev–Trinajstić information content (AvgIpc) is 2.22. The van der Waals surface area contributed by atoms with Gasteiger partial charge in [-0.1, -0.05) is 25.8 Å². The quantitative estimate of drug-likeness (QED) is 0.214. The van der Waals surface area contributed by atoms with Crippen LogP contribution in [0.4, 0.5) is 0 Å². The van der Waals surface area contributed by atoms with Crippen LogP contribution in [0.1, 0.15) is 32.6 Å². The highest BCUT2D eigenvalue weighted by Gasteiger charge is 2.15. The highest BCUT2D eigenvalue weighted by Crippen LogP contribution is 1.99. The van der Waals surface area contributed by atoms with E-state index in [1.807, 2.05) is 6.08 Å². The Morgan fingerprint density at radius 1 is 1.50 bits per heavy atom. The van der Waals surface area contributed by atoms with E-state index in [0.717, 1.165) is 25.7 Å². The molecular weight excluding hydrogens is 180 g/mol. The van der Waals surface area contributed by atoms with Gasteiger partial charge in [0, 0.05) is 6.08 Å². The topological polar surface area (TPSA) is 62.7 Å². The van der Waals surface area contributed by atoms with E-state index in [1.54, 1.807) is 0 Å². The molecule has 14 heavy (non-hydrogen) atoms. The van der Waals surface area contributed by atoms with Gasteiger partial charge in [0.15, 0.2) is 0 Å². The third kappa shape index (κ3) is 5.27. The fourth-order valence-electron chi connectivity index (χ4n) is 0.954. The number of unbranched alkanes of at least 4 members (excludes halogenated alkanes) is 3. The van der Waals surface area contributed by atoms with Gasteiger partial charge in [-0.25, -0.2) is 4.79 Å². The number of hydrogen-bond donors (Lipinski definition) is 0. The summed E-state index contributed by atoms with van der Waals surface area (Å²) in [5.41, 5.74) is 8.40. The van der Waals surface area contributed by atoms with Crippen LogP contribution in [-0.2, 0) is 9.53 Å². The molecule has 0 fully saturated rings. The maximum Gasteiger partial charge on any atom is 0.421 e. The molecule has 0 aliphatic rings. The number of ether oxygens (including phenoxy) is 1. The molecule has 0 spiro atoms. The summed E-state index contributed by atoms with van der Waals surface area (Å²) in [7, 11) is 1.25. The summed E-state index contributed by atoms with van der Waals surface area (Å²) in [6, 6.07) is 0. The minimum Gasteiger partial charge on any atom is -0.460 e. The molecule has 78 valence electrons. The van der Waals surface area contributed by atoms with Gasteiger partial charge in [0.25, 0.3) is 0 Å². The predicted octanol–water partition coefficient (Wildman–Crippen LogP) is 1.97. The third-order valence-electron chi connectivity index (χ3n) is 1.75. The van der Waals surface area contributed by atoms with Crippen LogP contribution < -0.4 is 0 Å². The van der Waals surface area contributed by atoms with Crippen LogP contribution in [0.2, 0.25) is 0 Å². The smallest absolute Gasteiger partial charge is 0.421 e. The predicted molar refractivity (Wildman–Crippen MR) is 53.9 cm³/mol. The Morgan fingerprint density at radius 3 is 2.71 bits per heavy atom. The second kappa shape index (κ2) is 8.20. The monoisotopic (exact) mass is 196 g/mol. The van der Waals surface area contributed by atoms with E-state index < -0.39 is 5.97 Å². The lowest BCUT2D eigenvalue weighted by Gasteiger charge is -1.91. The Labute approximate surface area is 84.2 Å². The Hall–Kier alpha value is -1.41. The van der Waals surface area contributed by atoms with E-state index in [2.05, 4.69) is 16.5 Å². The van der Waals surface area contributed by atoms with Crippen molar-refractivity contribution in [3.05, 3.63) is 17.7 Å². The molecule has 0 amide bonds. The molecule has 0 aliphatic heterocycles. The van der Waals surface area contributed by atoms with Crippen LogP contribution in [0.5, 0.6) is 0 Å². The van der Waals surface area contributed by atoms with Gasteiger partial charge in [0.2, 0.25) is 0 Å². The van der Waals surface area contributed by atoms with Crippen molar-refractivity contribution < 1.29 is 14.3 Å². The van der Waals surface area contributed by atoms with Gasteiger partial charge in [-0.15, -0.1) is 0 Å². The minimum atomic E-state index is -0.626. The molecule has 0 rings (SSSR count). The van der Waals surface area contributed by atoms with Gasteiger partial charge in [0.05, 0.1) is 7.11 Å². The van der Waals surface area contributed by atoms with E-state index in [-0.39, 0.29) is 5.71 Å². The van der Waals surface area contributed by atoms with Gasteiger partial charge >= 0.3 is 11.7 Å². The molecule has 0 aliphatic carbocycles. The van der Waals surface area contributed by atoms with Crippen molar-refractivity contribution in [2.75, 3.05) is 7.11 Å². The fraction of sp³-hybridized carbons (Fsp3) is 0.600. The van der Waals surface area contributed by atoms with Gasteiger partial charge < -0.3 is 10.3 Å². The van der Waals surface area contributed by atoms with Crippen molar-refractivity contribution >= 4 is 11.7 Å². The number of carbonyl (C=O) groups is 1. The molecule has 0 saturated carbocycles. The molecule has 0 aromatic carbocycles. The Balaban J connectivity index is 3.95. The highest BCUT2D eigenvalue weighted by atomic mass is 16.5. The van der Waals surface area contributed by atoms with Crippen molar-refractivity contribution in [1.29, 1.82) is 0 Å². The second-order valence-electron chi connectivity index (χ2n) is 2.87. The number of allylic oxidation sites excluding steroid dienone is 1. The first-order valence-electron chi connectivity index (χ1n) is 4.73. The van der Waals surface area contributed by atoms with E-state index >= 15 is 0 Å². The molecule has 0 bridgehead atoms. The molecule has 0 radical (unpaired) electrons. The summed E-state index contributed by atoms with van der Waals surface area (Å²) in [4.78, 5) is 13.7. The second-order valence-corrected chi connectivity index (χ2v) is 2.87. The van der Waals surface area contributed by atoms with Crippen LogP contribution in [0.3, 0.4) is 0 Å². The first-order valence-corrected chi connectivity index (χ1v) is 4.73. The Bertz CT molecular complexity index is 253. The summed E-state index contributed by atoms with van der Waals surface area (Å²) in [6.45, 7) is 2.12. The van der Waals surface area contributed by atoms with Crippen molar-refractivity contribution in [2.24, 2.45) is 0 Å². The average molecular weight is 196 g/mol. The summed E-state index contributed by atoms with van der Waals surface area (Å²) in [5.74, 6) is -0.626. The molecule has 0 unspecified atom stereocenters. The minimum absolute atomic E-state index is 0.0657. The molecule has 0 N–H and O–H groups in total. The molecule has 0 atom stereocenters. The largest absolute Gasteiger partial charge is 0.460 e. The first-order chi connectivity index (χ1) is 6.76. The van der Waals surface area contributed by atoms with Crippen LogP contribution in [-0.4, -0.2) is 23.6 Å². The lowest BCUT2D eigenvalue weighted by atomic mass is 10.2. The normalized spacial score (nSPS) is 9.86. The number of nitrogens with zero attached hydrogens (tertiary/aromatic N) is 2. The number of hydrogen-bond acceptors (Lipinski definition) is 2. The fourth-order valence-corrected chi connectivity index (χ4v) is 0.954. The summed E-state index contributed by atoms with van der Waals surface area (Å²) in [6.07, 6.45) is 7.56.